The summed E-state index contributed by atoms with van der Waals surface area (Å²) in [6.07, 6.45) is 3.42. The molecule has 130 valence electrons. The highest BCUT2D eigenvalue weighted by atomic mass is 35.5. The monoisotopic (exact) mass is 368 g/mol. The second kappa shape index (κ2) is 6.77. The minimum atomic E-state index is -0.425. The summed E-state index contributed by atoms with van der Waals surface area (Å²) in [7, 11) is 1.43. The van der Waals surface area contributed by atoms with E-state index >= 15 is 0 Å². The predicted molar refractivity (Wildman–Crippen MR) is 100 cm³/mol. The Balaban J connectivity index is 1.61. The Hall–Kier alpha value is -2.92. The number of rotatable bonds is 4. The Morgan fingerprint density at radius 3 is 2.81 bits per heavy atom. The van der Waals surface area contributed by atoms with Gasteiger partial charge in [0.05, 0.1) is 32.4 Å². The molecular weight excluding hydrogens is 353 g/mol. The molecule has 4 nitrogen and oxygen atoms in total. The van der Waals surface area contributed by atoms with Gasteiger partial charge in [-0.25, -0.2) is 4.39 Å². The van der Waals surface area contributed by atoms with E-state index in [0.29, 0.717) is 28.9 Å². The van der Waals surface area contributed by atoms with E-state index in [1.807, 2.05) is 12.1 Å². The zero-order valence-electron chi connectivity index (χ0n) is 14.9. The molecule has 4 aromatic rings. The van der Waals surface area contributed by atoms with Crippen molar-refractivity contribution in [2.24, 2.45) is 0 Å². The van der Waals surface area contributed by atoms with Gasteiger partial charge < -0.3 is 4.74 Å². The maximum absolute atomic E-state index is 13.9. The molecule has 0 aliphatic carbocycles. The van der Waals surface area contributed by atoms with Crippen molar-refractivity contribution in [1.29, 1.82) is 0 Å². The number of pyridine rings is 1. The average Bonchev–Trinajstić information content (AvgIpc) is 3.05. The number of aromatic nitrogens is 3. The number of ether oxygens (including phenoxy) is 1. The van der Waals surface area contributed by atoms with Gasteiger partial charge in [-0.1, -0.05) is 17.7 Å². The van der Waals surface area contributed by atoms with Crippen LogP contribution in [0, 0.1) is 5.82 Å². The fourth-order valence-electron chi connectivity index (χ4n) is 2.80. The van der Waals surface area contributed by atoms with Crippen molar-refractivity contribution in [2.45, 2.75) is 6.54 Å². The first-order valence-corrected chi connectivity index (χ1v) is 8.33. The SMILES string of the molecule is [2H]c1cc(Cl)cc2cnn(Cc3ccc(-c4ccc(OC)c(F)c4)nc3)c12. The van der Waals surface area contributed by atoms with Crippen LogP contribution in [-0.2, 0) is 6.54 Å². The molecular formula is C20H15ClFN3O. The lowest BCUT2D eigenvalue weighted by Crippen LogP contribution is -2.02. The maximum atomic E-state index is 13.9. The lowest BCUT2D eigenvalue weighted by Gasteiger charge is -2.07. The third kappa shape index (κ3) is 3.13. The number of benzene rings is 2. The minimum Gasteiger partial charge on any atom is -0.494 e. The Morgan fingerprint density at radius 1 is 1.19 bits per heavy atom. The average molecular weight is 369 g/mol. The molecule has 0 bridgehead atoms. The number of halogens is 2. The molecule has 0 aliphatic heterocycles. The normalized spacial score (nSPS) is 11.6. The van der Waals surface area contributed by atoms with E-state index in [1.54, 1.807) is 41.3 Å². The molecule has 0 aliphatic rings. The summed E-state index contributed by atoms with van der Waals surface area (Å²) in [4.78, 5) is 4.43. The van der Waals surface area contributed by atoms with Crippen molar-refractivity contribution in [2.75, 3.05) is 7.11 Å². The molecule has 0 saturated heterocycles. The predicted octanol–water partition coefficient (Wildman–Crippen LogP) is 4.95. The molecule has 2 heterocycles. The van der Waals surface area contributed by atoms with Gasteiger partial charge in [0.25, 0.3) is 0 Å². The number of hydrogen-bond donors (Lipinski definition) is 0. The van der Waals surface area contributed by atoms with Gasteiger partial charge in [0.2, 0.25) is 0 Å². The van der Waals surface area contributed by atoms with Gasteiger partial charge in [0, 0.05) is 22.2 Å². The van der Waals surface area contributed by atoms with E-state index in [9.17, 15) is 4.39 Å². The molecule has 6 heteroatoms. The largest absolute Gasteiger partial charge is 0.494 e. The molecule has 4 rings (SSSR count). The first-order valence-electron chi connectivity index (χ1n) is 8.45. The van der Waals surface area contributed by atoms with Gasteiger partial charge >= 0.3 is 0 Å². The van der Waals surface area contributed by atoms with Crippen molar-refractivity contribution in [3.63, 3.8) is 0 Å². The van der Waals surface area contributed by atoms with Crippen molar-refractivity contribution >= 4 is 22.5 Å². The van der Waals surface area contributed by atoms with E-state index in [-0.39, 0.29) is 5.75 Å². The molecule has 26 heavy (non-hydrogen) atoms. The first-order chi connectivity index (χ1) is 13.0. The summed E-state index contributed by atoms with van der Waals surface area (Å²) < 4.78 is 28.7. The number of fused-ring (bicyclic) bond motifs is 1. The topological polar surface area (TPSA) is 39.9 Å². The highest BCUT2D eigenvalue weighted by molar-refractivity contribution is 6.31. The molecule has 0 atom stereocenters. The molecule has 0 fully saturated rings. The standard InChI is InChI=1S/C20H15ClFN3O/c1-26-20-7-3-14(9-17(20)22)18-5-2-13(10-23-18)12-25-19-6-4-16(21)8-15(19)11-24-25/h2-11H,12H2,1H3/i6D. The second-order valence-corrected chi connectivity index (χ2v) is 6.26. The van der Waals surface area contributed by atoms with Crippen LogP contribution in [0.1, 0.15) is 6.93 Å². The van der Waals surface area contributed by atoms with E-state index in [0.717, 1.165) is 16.5 Å². The Bertz CT molecular complexity index is 1130. The molecule has 0 amide bonds. The molecule has 0 N–H and O–H groups in total. The molecule has 2 aromatic carbocycles. The van der Waals surface area contributed by atoms with Crippen LogP contribution in [0.25, 0.3) is 22.2 Å². The third-order valence-electron chi connectivity index (χ3n) is 4.11. The molecule has 0 unspecified atom stereocenters. The Labute approximate surface area is 156 Å². The van der Waals surface area contributed by atoms with Crippen molar-refractivity contribution in [3.8, 4) is 17.0 Å². The Morgan fingerprint density at radius 2 is 2.08 bits per heavy atom. The fraction of sp³-hybridized carbons (Fsp3) is 0.100. The van der Waals surface area contributed by atoms with Crippen LogP contribution < -0.4 is 4.74 Å². The van der Waals surface area contributed by atoms with Crippen molar-refractivity contribution in [1.82, 2.24) is 14.8 Å². The van der Waals surface area contributed by atoms with Crippen molar-refractivity contribution < 1.29 is 10.5 Å². The van der Waals surface area contributed by atoms with E-state index < -0.39 is 5.82 Å². The highest BCUT2D eigenvalue weighted by Gasteiger charge is 2.08. The third-order valence-corrected chi connectivity index (χ3v) is 4.33. The van der Waals surface area contributed by atoms with Crippen molar-refractivity contribution in [3.05, 3.63) is 77.3 Å². The summed E-state index contributed by atoms with van der Waals surface area (Å²) in [5.41, 5.74) is 2.99. The van der Waals surface area contributed by atoms with Crippen LogP contribution in [0.3, 0.4) is 0 Å². The van der Waals surface area contributed by atoms with Crippen LogP contribution in [0.15, 0.2) is 60.9 Å². The summed E-state index contributed by atoms with van der Waals surface area (Å²) in [6, 6.07) is 12.2. The molecule has 0 spiro atoms. The highest BCUT2D eigenvalue weighted by Crippen LogP contribution is 2.25. The van der Waals surface area contributed by atoms with E-state index in [4.69, 9.17) is 17.7 Å². The smallest absolute Gasteiger partial charge is 0.165 e. The fourth-order valence-corrected chi connectivity index (χ4v) is 2.97. The lowest BCUT2D eigenvalue weighted by molar-refractivity contribution is 0.386. The zero-order chi connectivity index (χ0) is 19.0. The van der Waals surface area contributed by atoms with Gasteiger partial charge in [-0.15, -0.1) is 0 Å². The first kappa shape index (κ1) is 15.3. The van der Waals surface area contributed by atoms with Crippen LogP contribution >= 0.6 is 11.6 Å². The van der Waals surface area contributed by atoms with Gasteiger partial charge in [-0.05, 0) is 48.0 Å². The minimum absolute atomic E-state index is 0.201. The van der Waals surface area contributed by atoms with Gasteiger partial charge in [-0.2, -0.15) is 5.10 Å². The van der Waals surface area contributed by atoms with Crippen LogP contribution in [0.4, 0.5) is 4.39 Å². The molecule has 0 radical (unpaired) electrons. The summed E-state index contributed by atoms with van der Waals surface area (Å²) >= 11 is 6.00. The van der Waals surface area contributed by atoms with Crippen LogP contribution in [0.2, 0.25) is 5.02 Å². The molecule has 2 aromatic heterocycles. The summed E-state index contributed by atoms with van der Waals surface area (Å²) in [6.45, 7) is 0.473. The van der Waals surface area contributed by atoms with Gasteiger partial charge in [0.1, 0.15) is 0 Å². The van der Waals surface area contributed by atoms with Crippen LogP contribution in [-0.4, -0.2) is 21.9 Å². The van der Waals surface area contributed by atoms with Gasteiger partial charge in [-0.3, -0.25) is 9.67 Å². The summed E-state index contributed by atoms with van der Waals surface area (Å²) in [5, 5.41) is 5.69. The zero-order valence-corrected chi connectivity index (χ0v) is 14.7. The van der Waals surface area contributed by atoms with E-state index in [1.165, 1.54) is 13.2 Å². The number of methoxy groups -OCH3 is 1. The van der Waals surface area contributed by atoms with Gasteiger partial charge in [0.15, 0.2) is 11.6 Å². The number of nitrogens with zero attached hydrogens (tertiary/aromatic N) is 3. The number of hydrogen-bond acceptors (Lipinski definition) is 3. The second-order valence-electron chi connectivity index (χ2n) is 5.83. The molecule has 0 saturated carbocycles. The van der Waals surface area contributed by atoms with E-state index in [2.05, 4.69) is 10.1 Å². The lowest BCUT2D eigenvalue weighted by atomic mass is 10.1. The summed E-state index contributed by atoms with van der Waals surface area (Å²) in [5.74, 6) is -0.224. The van der Waals surface area contributed by atoms with Crippen LogP contribution in [0.5, 0.6) is 5.75 Å². The Kier molecular flexibility index (Phi) is 3.99. The maximum Gasteiger partial charge on any atom is 0.165 e. The quantitative estimate of drug-likeness (QED) is 0.511.